The van der Waals surface area contributed by atoms with Gasteiger partial charge in [-0.25, -0.2) is 13.1 Å². The second-order valence-corrected chi connectivity index (χ2v) is 9.24. The predicted octanol–water partition coefficient (Wildman–Crippen LogP) is 2.98. The number of hydrogen-bond donors (Lipinski definition) is 1. The fourth-order valence-electron chi connectivity index (χ4n) is 3.23. The number of nitrogens with one attached hydrogen (secondary N) is 1. The fraction of sp³-hybridized carbons (Fsp3) is 0.368. The topological polar surface area (TPSA) is 83.5 Å². The van der Waals surface area contributed by atoms with Crippen molar-refractivity contribution in [3.63, 3.8) is 0 Å². The number of ketones is 1. The first-order valence-electron chi connectivity index (χ1n) is 8.82. The Morgan fingerprint density at radius 2 is 1.96 bits per heavy atom. The van der Waals surface area contributed by atoms with Crippen LogP contribution in [0.15, 0.2) is 46.7 Å². The molecule has 27 heavy (non-hydrogen) atoms. The number of likely N-dealkylation sites (tertiary alicyclic amines) is 1. The van der Waals surface area contributed by atoms with E-state index in [9.17, 15) is 18.0 Å². The lowest BCUT2D eigenvalue weighted by Crippen LogP contribution is -2.34. The Labute approximate surface area is 163 Å². The lowest BCUT2D eigenvalue weighted by Gasteiger charge is -2.24. The smallest absolute Gasteiger partial charge is 0.240 e. The van der Waals surface area contributed by atoms with Crippen molar-refractivity contribution in [1.82, 2.24) is 9.62 Å². The number of sulfonamides is 1. The second kappa shape index (κ2) is 8.33. The van der Waals surface area contributed by atoms with Crippen molar-refractivity contribution in [2.24, 2.45) is 0 Å². The summed E-state index contributed by atoms with van der Waals surface area (Å²) in [6, 6.07) is 9.88. The summed E-state index contributed by atoms with van der Waals surface area (Å²) in [5.74, 6) is -0.163. The number of hydrogen-bond acceptors (Lipinski definition) is 5. The Hall–Kier alpha value is -2.03. The van der Waals surface area contributed by atoms with Gasteiger partial charge >= 0.3 is 0 Å². The van der Waals surface area contributed by atoms with Crippen LogP contribution < -0.4 is 4.72 Å². The number of thiophene rings is 1. The molecule has 0 radical (unpaired) electrons. The van der Waals surface area contributed by atoms with Crippen molar-refractivity contribution in [3.05, 3.63) is 52.2 Å². The van der Waals surface area contributed by atoms with Crippen LogP contribution in [0.1, 0.15) is 47.5 Å². The molecule has 3 rings (SSSR count). The van der Waals surface area contributed by atoms with E-state index in [1.165, 1.54) is 36.1 Å². The zero-order valence-corrected chi connectivity index (χ0v) is 16.7. The number of Topliss-reactive ketones (excluding diaryl/α,β-unsaturated/α-hetero) is 1. The molecule has 2 heterocycles. The van der Waals surface area contributed by atoms with Crippen molar-refractivity contribution in [1.29, 1.82) is 0 Å². The summed E-state index contributed by atoms with van der Waals surface area (Å²) in [6.45, 7) is 2.18. The average Bonchev–Trinajstić information content (AvgIpc) is 3.32. The zero-order valence-electron chi connectivity index (χ0n) is 15.1. The molecule has 1 aromatic carbocycles. The molecule has 1 fully saturated rings. The van der Waals surface area contributed by atoms with Gasteiger partial charge in [0, 0.05) is 30.0 Å². The first-order valence-corrected chi connectivity index (χ1v) is 11.2. The number of carbonyl (C=O) groups excluding carboxylic acids is 2. The Bertz CT molecular complexity index is 906. The molecular weight excluding hydrogens is 384 g/mol. The van der Waals surface area contributed by atoms with Crippen LogP contribution in [0.3, 0.4) is 0 Å². The number of rotatable bonds is 7. The Morgan fingerprint density at radius 3 is 2.59 bits per heavy atom. The van der Waals surface area contributed by atoms with Gasteiger partial charge in [0.1, 0.15) is 0 Å². The molecule has 144 valence electrons. The third kappa shape index (κ3) is 4.63. The normalized spacial score (nSPS) is 17.2. The summed E-state index contributed by atoms with van der Waals surface area (Å²) in [4.78, 5) is 26.9. The highest BCUT2D eigenvalue weighted by molar-refractivity contribution is 7.89. The fourth-order valence-corrected chi connectivity index (χ4v) is 5.14. The first-order chi connectivity index (χ1) is 12.9. The number of carbonyl (C=O) groups is 2. The molecular formula is C19H22N2O4S2. The summed E-state index contributed by atoms with van der Waals surface area (Å²) in [5, 5.41) is 2.00. The summed E-state index contributed by atoms with van der Waals surface area (Å²) in [6.07, 6.45) is 2.02. The molecule has 0 saturated carbocycles. The van der Waals surface area contributed by atoms with Gasteiger partial charge in [0.05, 0.1) is 10.9 Å². The van der Waals surface area contributed by atoms with Crippen LogP contribution in [0.25, 0.3) is 0 Å². The highest BCUT2D eigenvalue weighted by atomic mass is 32.2. The van der Waals surface area contributed by atoms with Gasteiger partial charge in [-0.05, 0) is 43.3 Å². The molecule has 0 aliphatic carbocycles. The number of amides is 1. The van der Waals surface area contributed by atoms with Gasteiger partial charge in [-0.2, -0.15) is 0 Å². The van der Waals surface area contributed by atoms with Crippen molar-refractivity contribution < 1.29 is 18.0 Å². The van der Waals surface area contributed by atoms with Crippen LogP contribution in [0.2, 0.25) is 0 Å². The zero-order chi connectivity index (χ0) is 19.4. The maximum atomic E-state index is 12.6. The van der Waals surface area contributed by atoms with Crippen LogP contribution in [0.4, 0.5) is 0 Å². The quantitative estimate of drug-likeness (QED) is 0.717. The minimum Gasteiger partial charge on any atom is -0.335 e. The predicted molar refractivity (Wildman–Crippen MR) is 104 cm³/mol. The molecule has 1 aromatic heterocycles. The van der Waals surface area contributed by atoms with E-state index in [0.717, 1.165) is 12.8 Å². The van der Waals surface area contributed by atoms with Crippen LogP contribution in [0, 0.1) is 0 Å². The highest BCUT2D eigenvalue weighted by Crippen LogP contribution is 2.34. The summed E-state index contributed by atoms with van der Waals surface area (Å²) in [7, 11) is -3.71. The Balaban J connectivity index is 1.56. The summed E-state index contributed by atoms with van der Waals surface area (Å²) >= 11 is 1.64. The minimum atomic E-state index is -3.71. The van der Waals surface area contributed by atoms with E-state index in [-0.39, 0.29) is 35.6 Å². The standard InChI is InChI=1S/C19H22N2O4S2/c1-14(22)15-6-8-16(9-7-15)27(24,25)20-11-10-19(23)21-12-2-4-17(21)18-5-3-13-26-18/h3,5-9,13,17,20H,2,4,10-12H2,1H3. The van der Waals surface area contributed by atoms with Gasteiger partial charge in [-0.1, -0.05) is 18.2 Å². The molecule has 1 saturated heterocycles. The van der Waals surface area contributed by atoms with Gasteiger partial charge in [-0.15, -0.1) is 11.3 Å². The minimum absolute atomic E-state index is 0.0412. The third-order valence-corrected chi connectivity index (χ3v) is 7.10. The molecule has 0 bridgehead atoms. The maximum Gasteiger partial charge on any atom is 0.240 e. The van der Waals surface area contributed by atoms with Gasteiger partial charge in [0.15, 0.2) is 5.78 Å². The van der Waals surface area contributed by atoms with E-state index in [1.54, 1.807) is 11.3 Å². The lowest BCUT2D eigenvalue weighted by atomic mass is 10.2. The molecule has 1 aliphatic heterocycles. The summed E-state index contributed by atoms with van der Waals surface area (Å²) in [5.41, 5.74) is 0.456. The first kappa shape index (κ1) is 19.7. The second-order valence-electron chi connectivity index (χ2n) is 6.49. The molecule has 1 N–H and O–H groups in total. The Morgan fingerprint density at radius 1 is 1.22 bits per heavy atom. The van der Waals surface area contributed by atoms with Crippen LogP contribution >= 0.6 is 11.3 Å². The van der Waals surface area contributed by atoms with Crippen molar-refractivity contribution in [3.8, 4) is 0 Å². The van der Waals surface area contributed by atoms with Crippen molar-refractivity contribution in [2.75, 3.05) is 13.1 Å². The van der Waals surface area contributed by atoms with Crippen LogP contribution in [-0.2, 0) is 14.8 Å². The lowest BCUT2D eigenvalue weighted by molar-refractivity contribution is -0.131. The van der Waals surface area contributed by atoms with E-state index in [0.29, 0.717) is 12.1 Å². The molecule has 1 aliphatic rings. The molecule has 1 amide bonds. The van der Waals surface area contributed by atoms with Crippen LogP contribution in [0.5, 0.6) is 0 Å². The maximum absolute atomic E-state index is 12.6. The van der Waals surface area contributed by atoms with Gasteiger partial charge in [0.2, 0.25) is 15.9 Å². The summed E-state index contributed by atoms with van der Waals surface area (Å²) < 4.78 is 27.2. The molecule has 1 atom stereocenters. The monoisotopic (exact) mass is 406 g/mol. The highest BCUT2D eigenvalue weighted by Gasteiger charge is 2.30. The van der Waals surface area contributed by atoms with Crippen molar-refractivity contribution >= 4 is 33.1 Å². The Kier molecular flexibility index (Phi) is 6.08. The third-order valence-electron chi connectivity index (χ3n) is 4.65. The van der Waals surface area contributed by atoms with E-state index < -0.39 is 10.0 Å². The largest absolute Gasteiger partial charge is 0.335 e. The number of nitrogens with zero attached hydrogens (tertiary/aromatic N) is 1. The number of benzene rings is 1. The van der Waals surface area contributed by atoms with Gasteiger partial charge in [0.25, 0.3) is 0 Å². The molecule has 0 spiro atoms. The van der Waals surface area contributed by atoms with Gasteiger partial charge in [-0.3, -0.25) is 9.59 Å². The van der Waals surface area contributed by atoms with E-state index in [2.05, 4.69) is 4.72 Å². The van der Waals surface area contributed by atoms with Crippen molar-refractivity contribution in [2.45, 2.75) is 37.1 Å². The SMILES string of the molecule is CC(=O)c1ccc(S(=O)(=O)NCCC(=O)N2CCCC2c2cccs2)cc1. The van der Waals surface area contributed by atoms with E-state index in [4.69, 9.17) is 0 Å². The van der Waals surface area contributed by atoms with Gasteiger partial charge < -0.3 is 4.90 Å². The molecule has 6 nitrogen and oxygen atoms in total. The van der Waals surface area contributed by atoms with E-state index >= 15 is 0 Å². The average molecular weight is 407 g/mol. The molecule has 2 aromatic rings. The molecule has 1 unspecified atom stereocenters. The van der Waals surface area contributed by atoms with E-state index in [1.807, 2.05) is 22.4 Å². The van der Waals surface area contributed by atoms with Crippen LogP contribution in [-0.4, -0.2) is 38.1 Å². The molecule has 8 heteroatoms.